The van der Waals surface area contributed by atoms with E-state index in [9.17, 15) is 9.59 Å². The van der Waals surface area contributed by atoms with E-state index in [1.807, 2.05) is 0 Å². The summed E-state index contributed by atoms with van der Waals surface area (Å²) in [5, 5.41) is 0. The lowest BCUT2D eigenvalue weighted by Crippen LogP contribution is -2.15. The van der Waals surface area contributed by atoms with E-state index < -0.39 is 0 Å². The van der Waals surface area contributed by atoms with E-state index in [1.54, 1.807) is 24.3 Å². The van der Waals surface area contributed by atoms with Gasteiger partial charge in [0.1, 0.15) is 5.75 Å². The van der Waals surface area contributed by atoms with E-state index in [-0.39, 0.29) is 11.8 Å². The lowest BCUT2D eigenvalue weighted by Gasteiger charge is -2.17. The summed E-state index contributed by atoms with van der Waals surface area (Å²) < 4.78 is 10.9. The molecule has 0 radical (unpaired) electrons. The standard InChI is InChI=1S/C19H24O4/c1-15(20)17-9-11-18(12-10-17)22-13-5-8-19(21)23-14-16-6-3-2-4-7-16/h2-3,9-12,16H,4-8,13-14H2,1H3. The molecule has 0 aliphatic heterocycles. The van der Waals surface area contributed by atoms with Gasteiger partial charge in [-0.05, 0) is 62.8 Å². The Bertz CT molecular complexity index is 545. The van der Waals surface area contributed by atoms with Gasteiger partial charge in [-0.2, -0.15) is 0 Å². The third-order valence-electron chi connectivity index (χ3n) is 3.91. The average Bonchev–Trinajstić information content (AvgIpc) is 2.58. The van der Waals surface area contributed by atoms with Gasteiger partial charge in [-0.3, -0.25) is 9.59 Å². The molecule has 1 aliphatic rings. The maximum atomic E-state index is 11.7. The first kappa shape index (κ1) is 17.3. The molecule has 23 heavy (non-hydrogen) atoms. The van der Waals surface area contributed by atoms with E-state index in [4.69, 9.17) is 9.47 Å². The number of hydrogen-bond donors (Lipinski definition) is 0. The number of rotatable bonds is 8. The fraction of sp³-hybridized carbons (Fsp3) is 0.474. The van der Waals surface area contributed by atoms with E-state index in [0.717, 1.165) is 19.3 Å². The Morgan fingerprint density at radius 3 is 2.61 bits per heavy atom. The van der Waals surface area contributed by atoms with Gasteiger partial charge >= 0.3 is 5.97 Å². The maximum Gasteiger partial charge on any atom is 0.305 e. The predicted molar refractivity (Wildman–Crippen MR) is 88.6 cm³/mol. The van der Waals surface area contributed by atoms with Crippen LogP contribution in [-0.2, 0) is 9.53 Å². The number of Topliss-reactive ketones (excluding diaryl/α,β-unsaturated/α-hetero) is 1. The molecule has 124 valence electrons. The Kier molecular flexibility index (Phi) is 6.85. The van der Waals surface area contributed by atoms with E-state index in [1.165, 1.54) is 6.92 Å². The summed E-state index contributed by atoms with van der Waals surface area (Å²) in [5.74, 6) is 1.06. The molecule has 0 aromatic heterocycles. The van der Waals surface area contributed by atoms with Crippen molar-refractivity contribution in [1.29, 1.82) is 0 Å². The van der Waals surface area contributed by atoms with Gasteiger partial charge in [0.15, 0.2) is 5.78 Å². The van der Waals surface area contributed by atoms with Crippen molar-refractivity contribution in [3.05, 3.63) is 42.0 Å². The Morgan fingerprint density at radius 1 is 1.17 bits per heavy atom. The number of ketones is 1. The average molecular weight is 316 g/mol. The fourth-order valence-electron chi connectivity index (χ4n) is 2.48. The molecule has 1 aromatic carbocycles. The topological polar surface area (TPSA) is 52.6 Å². The zero-order valence-electron chi connectivity index (χ0n) is 13.6. The summed E-state index contributed by atoms with van der Waals surface area (Å²) in [6, 6.07) is 7.02. The number of carbonyl (C=O) groups excluding carboxylic acids is 2. The smallest absolute Gasteiger partial charge is 0.305 e. The molecule has 0 saturated heterocycles. The number of ether oxygens (including phenoxy) is 2. The quantitative estimate of drug-likeness (QED) is 0.315. The Labute approximate surface area is 137 Å². The minimum atomic E-state index is -0.157. The summed E-state index contributed by atoms with van der Waals surface area (Å²) in [6.45, 7) is 2.52. The van der Waals surface area contributed by atoms with E-state index in [2.05, 4.69) is 12.2 Å². The van der Waals surface area contributed by atoms with Crippen molar-refractivity contribution in [3.8, 4) is 5.75 Å². The van der Waals surface area contributed by atoms with Gasteiger partial charge in [0, 0.05) is 12.0 Å². The second kappa shape index (κ2) is 9.13. The van der Waals surface area contributed by atoms with E-state index >= 15 is 0 Å². The van der Waals surface area contributed by atoms with Crippen LogP contribution in [0.4, 0.5) is 0 Å². The summed E-state index contributed by atoms with van der Waals surface area (Å²) in [5.41, 5.74) is 0.665. The summed E-state index contributed by atoms with van der Waals surface area (Å²) >= 11 is 0. The molecule has 0 amide bonds. The second-order valence-electron chi connectivity index (χ2n) is 5.87. The fourth-order valence-corrected chi connectivity index (χ4v) is 2.48. The molecule has 1 atom stereocenters. The Morgan fingerprint density at radius 2 is 1.96 bits per heavy atom. The zero-order chi connectivity index (χ0) is 16.5. The highest BCUT2D eigenvalue weighted by Gasteiger charge is 2.12. The molecule has 1 aromatic rings. The van der Waals surface area contributed by atoms with Crippen LogP contribution >= 0.6 is 0 Å². The van der Waals surface area contributed by atoms with Crippen molar-refractivity contribution in [2.24, 2.45) is 5.92 Å². The van der Waals surface area contributed by atoms with Crippen LogP contribution in [0.5, 0.6) is 5.75 Å². The van der Waals surface area contributed by atoms with Crippen LogP contribution in [0.15, 0.2) is 36.4 Å². The Hall–Kier alpha value is -2.10. The maximum absolute atomic E-state index is 11.7. The van der Waals surface area contributed by atoms with Crippen molar-refractivity contribution < 1.29 is 19.1 Å². The SMILES string of the molecule is CC(=O)c1ccc(OCCCC(=O)OCC2CC=CCC2)cc1. The number of carbonyl (C=O) groups is 2. The van der Waals surface area contributed by atoms with Crippen LogP contribution < -0.4 is 4.74 Å². The number of hydrogen-bond acceptors (Lipinski definition) is 4. The molecule has 1 aliphatic carbocycles. The monoisotopic (exact) mass is 316 g/mol. The van der Waals surface area contributed by atoms with Crippen molar-refractivity contribution >= 4 is 11.8 Å². The molecule has 4 nitrogen and oxygen atoms in total. The molecule has 0 spiro atoms. The minimum Gasteiger partial charge on any atom is -0.494 e. The van der Waals surface area contributed by atoms with Crippen LogP contribution in [-0.4, -0.2) is 25.0 Å². The minimum absolute atomic E-state index is 0.0350. The van der Waals surface area contributed by atoms with Crippen LogP contribution in [0.2, 0.25) is 0 Å². The van der Waals surface area contributed by atoms with Crippen LogP contribution in [0.1, 0.15) is 49.4 Å². The van der Waals surface area contributed by atoms with Crippen LogP contribution in [0.3, 0.4) is 0 Å². The van der Waals surface area contributed by atoms with Crippen LogP contribution in [0, 0.1) is 5.92 Å². The molecule has 0 bridgehead atoms. The molecule has 0 fully saturated rings. The largest absolute Gasteiger partial charge is 0.494 e. The van der Waals surface area contributed by atoms with Crippen molar-refractivity contribution in [3.63, 3.8) is 0 Å². The zero-order valence-corrected chi connectivity index (χ0v) is 13.6. The Balaban J connectivity index is 1.58. The molecule has 4 heteroatoms. The molecule has 2 rings (SSSR count). The van der Waals surface area contributed by atoms with Gasteiger partial charge in [0.2, 0.25) is 0 Å². The highest BCUT2D eigenvalue weighted by atomic mass is 16.5. The van der Waals surface area contributed by atoms with Gasteiger partial charge in [-0.1, -0.05) is 12.2 Å². The molecule has 0 N–H and O–H groups in total. The number of allylic oxidation sites excluding steroid dienone is 2. The lowest BCUT2D eigenvalue weighted by molar-refractivity contribution is -0.145. The van der Waals surface area contributed by atoms with Gasteiger partial charge in [0.25, 0.3) is 0 Å². The first-order chi connectivity index (χ1) is 11.1. The summed E-state index contributed by atoms with van der Waals surface area (Å²) in [7, 11) is 0. The molecule has 0 saturated carbocycles. The van der Waals surface area contributed by atoms with E-state index in [0.29, 0.717) is 43.3 Å². The highest BCUT2D eigenvalue weighted by Crippen LogP contribution is 2.18. The predicted octanol–water partition coefficient (Wildman–Crippen LogP) is 3.95. The van der Waals surface area contributed by atoms with Gasteiger partial charge < -0.3 is 9.47 Å². The third-order valence-corrected chi connectivity index (χ3v) is 3.91. The van der Waals surface area contributed by atoms with Gasteiger partial charge in [-0.15, -0.1) is 0 Å². The first-order valence-electron chi connectivity index (χ1n) is 8.19. The third kappa shape index (κ3) is 6.27. The number of esters is 1. The second-order valence-corrected chi connectivity index (χ2v) is 5.87. The number of benzene rings is 1. The van der Waals surface area contributed by atoms with Crippen molar-refractivity contribution in [1.82, 2.24) is 0 Å². The van der Waals surface area contributed by atoms with Gasteiger partial charge in [0.05, 0.1) is 13.2 Å². The van der Waals surface area contributed by atoms with Crippen molar-refractivity contribution in [2.75, 3.05) is 13.2 Å². The normalized spacial score (nSPS) is 16.8. The molecular formula is C19H24O4. The highest BCUT2D eigenvalue weighted by molar-refractivity contribution is 5.94. The van der Waals surface area contributed by atoms with Crippen LogP contribution in [0.25, 0.3) is 0 Å². The molecular weight excluding hydrogens is 292 g/mol. The van der Waals surface area contributed by atoms with Gasteiger partial charge in [-0.25, -0.2) is 0 Å². The first-order valence-corrected chi connectivity index (χ1v) is 8.19. The lowest BCUT2D eigenvalue weighted by atomic mass is 9.95. The molecule has 1 unspecified atom stereocenters. The molecule has 0 heterocycles. The summed E-state index contributed by atoms with van der Waals surface area (Å²) in [4.78, 5) is 22.9. The van der Waals surface area contributed by atoms with Crippen molar-refractivity contribution in [2.45, 2.75) is 39.0 Å². The summed E-state index contributed by atoms with van der Waals surface area (Å²) in [6.07, 6.45) is 8.52.